The van der Waals surface area contributed by atoms with Crippen molar-refractivity contribution in [1.29, 1.82) is 0 Å². The number of nitrogens with one attached hydrogen (secondary N) is 2. The molecular weight excluding hydrogens is 334 g/mol. The van der Waals surface area contributed by atoms with Gasteiger partial charge in [-0.1, -0.05) is 12.1 Å². The number of nitrogens with zero attached hydrogens (tertiary/aromatic N) is 3. The lowest BCUT2D eigenvalue weighted by atomic mass is 10.3. The summed E-state index contributed by atoms with van der Waals surface area (Å²) in [6, 6.07) is 9.10. The van der Waals surface area contributed by atoms with Gasteiger partial charge in [-0.2, -0.15) is 4.98 Å². The topological polar surface area (TPSA) is 88.6 Å². The van der Waals surface area contributed by atoms with Crippen molar-refractivity contribution >= 4 is 17.7 Å². The number of amides is 1. The van der Waals surface area contributed by atoms with Crippen LogP contribution < -0.4 is 25.0 Å². The maximum absolute atomic E-state index is 11.9. The fraction of sp³-hybridized carbons (Fsp3) is 0.389. The van der Waals surface area contributed by atoms with Gasteiger partial charge in [0.2, 0.25) is 5.95 Å². The van der Waals surface area contributed by atoms with Crippen LogP contribution in [0.5, 0.6) is 11.5 Å². The molecule has 0 bridgehead atoms. The molecule has 2 aromatic rings. The number of methoxy groups -OCH3 is 1. The maximum atomic E-state index is 11.9. The molecule has 8 nitrogen and oxygen atoms in total. The molecule has 0 aliphatic rings. The molecule has 8 heteroatoms. The fourth-order valence-electron chi connectivity index (χ4n) is 2.17. The van der Waals surface area contributed by atoms with Crippen LogP contribution in [0.2, 0.25) is 0 Å². The van der Waals surface area contributed by atoms with Crippen molar-refractivity contribution in [1.82, 2.24) is 15.3 Å². The van der Waals surface area contributed by atoms with Crippen LogP contribution in [0.15, 0.2) is 30.3 Å². The highest BCUT2D eigenvalue weighted by Gasteiger charge is 2.07. The first-order valence-corrected chi connectivity index (χ1v) is 8.29. The van der Waals surface area contributed by atoms with E-state index < -0.39 is 0 Å². The number of para-hydroxylation sites is 2. The van der Waals surface area contributed by atoms with E-state index in [1.165, 1.54) is 0 Å². The van der Waals surface area contributed by atoms with Crippen LogP contribution in [0, 0.1) is 6.92 Å². The molecule has 0 fully saturated rings. The summed E-state index contributed by atoms with van der Waals surface area (Å²) in [4.78, 5) is 22.5. The highest BCUT2D eigenvalue weighted by molar-refractivity contribution is 5.77. The summed E-state index contributed by atoms with van der Waals surface area (Å²) in [6.07, 6.45) is 0. The van der Waals surface area contributed by atoms with Gasteiger partial charge in [-0.25, -0.2) is 4.98 Å². The normalized spacial score (nSPS) is 10.2. The standard InChI is InChI=1S/C18H25N5O3/c1-13-11-16(23(2)3)22-18(21-13)20-10-9-19-17(24)12-26-15-8-6-5-7-14(15)25-4/h5-8,11H,9-10,12H2,1-4H3,(H,19,24)(H,20,21,22). The second-order valence-electron chi connectivity index (χ2n) is 5.80. The number of aromatic nitrogens is 2. The van der Waals surface area contributed by atoms with E-state index in [2.05, 4.69) is 20.6 Å². The Morgan fingerprint density at radius 1 is 1.15 bits per heavy atom. The maximum Gasteiger partial charge on any atom is 0.258 e. The van der Waals surface area contributed by atoms with Gasteiger partial charge in [0, 0.05) is 38.9 Å². The monoisotopic (exact) mass is 359 g/mol. The zero-order valence-electron chi connectivity index (χ0n) is 15.6. The second-order valence-corrected chi connectivity index (χ2v) is 5.80. The van der Waals surface area contributed by atoms with Gasteiger partial charge in [-0.3, -0.25) is 4.79 Å². The molecule has 1 heterocycles. The Balaban J connectivity index is 1.73. The molecule has 1 aromatic heterocycles. The van der Waals surface area contributed by atoms with E-state index in [0.717, 1.165) is 11.5 Å². The Labute approximate surface area is 153 Å². The number of benzene rings is 1. The summed E-state index contributed by atoms with van der Waals surface area (Å²) in [5.74, 6) is 2.28. The molecule has 26 heavy (non-hydrogen) atoms. The van der Waals surface area contributed by atoms with Gasteiger partial charge in [-0.05, 0) is 19.1 Å². The Hall–Kier alpha value is -3.03. The largest absolute Gasteiger partial charge is 0.493 e. The molecule has 0 aliphatic carbocycles. The second kappa shape index (κ2) is 9.45. The molecule has 0 atom stereocenters. The minimum Gasteiger partial charge on any atom is -0.493 e. The summed E-state index contributed by atoms with van der Waals surface area (Å²) in [5, 5.41) is 5.88. The number of hydrogen-bond donors (Lipinski definition) is 2. The number of carbonyl (C=O) groups excluding carboxylic acids is 1. The van der Waals surface area contributed by atoms with Crippen molar-refractivity contribution in [3.05, 3.63) is 36.0 Å². The molecule has 0 aliphatic heterocycles. The SMILES string of the molecule is COc1ccccc1OCC(=O)NCCNc1nc(C)cc(N(C)C)n1. The quantitative estimate of drug-likeness (QED) is 0.655. The van der Waals surface area contributed by atoms with Gasteiger partial charge in [0.25, 0.3) is 5.91 Å². The predicted octanol–water partition coefficient (Wildman–Crippen LogP) is 1.47. The lowest BCUT2D eigenvalue weighted by Gasteiger charge is -2.14. The van der Waals surface area contributed by atoms with Gasteiger partial charge in [0.1, 0.15) is 5.82 Å². The Morgan fingerprint density at radius 2 is 1.88 bits per heavy atom. The van der Waals surface area contributed by atoms with Crippen molar-refractivity contribution in [2.45, 2.75) is 6.92 Å². The van der Waals surface area contributed by atoms with E-state index in [-0.39, 0.29) is 12.5 Å². The first kappa shape index (κ1) is 19.3. The number of aryl methyl sites for hydroxylation is 1. The number of ether oxygens (including phenoxy) is 2. The van der Waals surface area contributed by atoms with Crippen LogP contribution in [-0.4, -0.2) is 56.8 Å². The molecule has 0 unspecified atom stereocenters. The van der Waals surface area contributed by atoms with E-state index in [0.29, 0.717) is 30.5 Å². The van der Waals surface area contributed by atoms with Crippen molar-refractivity contribution in [3.63, 3.8) is 0 Å². The van der Waals surface area contributed by atoms with Crippen LogP contribution in [0.1, 0.15) is 5.69 Å². The average molecular weight is 359 g/mol. The Kier molecular flexibility index (Phi) is 7.02. The summed E-state index contributed by atoms with van der Waals surface area (Å²) >= 11 is 0. The van der Waals surface area contributed by atoms with Gasteiger partial charge in [0.15, 0.2) is 18.1 Å². The minimum absolute atomic E-state index is 0.0773. The average Bonchev–Trinajstić information content (AvgIpc) is 2.63. The van der Waals surface area contributed by atoms with Crippen LogP contribution in [0.4, 0.5) is 11.8 Å². The minimum atomic E-state index is -0.211. The van der Waals surface area contributed by atoms with E-state index in [1.807, 2.05) is 44.1 Å². The van der Waals surface area contributed by atoms with Crippen molar-refractivity contribution < 1.29 is 14.3 Å². The zero-order chi connectivity index (χ0) is 18.9. The first-order valence-electron chi connectivity index (χ1n) is 8.29. The number of hydrogen-bond acceptors (Lipinski definition) is 7. The van der Waals surface area contributed by atoms with Gasteiger partial charge < -0.3 is 25.0 Å². The number of carbonyl (C=O) groups is 1. The van der Waals surface area contributed by atoms with E-state index in [1.54, 1.807) is 19.2 Å². The van der Waals surface area contributed by atoms with Crippen LogP contribution >= 0.6 is 0 Å². The summed E-state index contributed by atoms with van der Waals surface area (Å²) in [6.45, 7) is 2.78. The zero-order valence-corrected chi connectivity index (χ0v) is 15.6. The molecule has 0 radical (unpaired) electrons. The van der Waals surface area contributed by atoms with Gasteiger partial charge in [-0.15, -0.1) is 0 Å². The van der Waals surface area contributed by atoms with Crippen molar-refractivity contribution in [2.24, 2.45) is 0 Å². The van der Waals surface area contributed by atoms with Crippen LogP contribution in [-0.2, 0) is 4.79 Å². The molecule has 1 aromatic carbocycles. The summed E-state index contributed by atoms with van der Waals surface area (Å²) in [5.41, 5.74) is 0.875. The molecule has 140 valence electrons. The lowest BCUT2D eigenvalue weighted by molar-refractivity contribution is -0.123. The number of anilines is 2. The smallest absolute Gasteiger partial charge is 0.258 e. The lowest BCUT2D eigenvalue weighted by Crippen LogP contribution is -2.33. The molecule has 0 saturated heterocycles. The Bertz CT molecular complexity index is 737. The Morgan fingerprint density at radius 3 is 2.58 bits per heavy atom. The molecular formula is C18H25N5O3. The highest BCUT2D eigenvalue weighted by atomic mass is 16.5. The molecule has 2 rings (SSSR count). The third kappa shape index (κ3) is 5.80. The summed E-state index contributed by atoms with van der Waals surface area (Å²) < 4.78 is 10.7. The third-order valence-corrected chi connectivity index (χ3v) is 3.46. The summed E-state index contributed by atoms with van der Waals surface area (Å²) in [7, 11) is 5.41. The molecule has 1 amide bonds. The van der Waals surface area contributed by atoms with Crippen LogP contribution in [0.25, 0.3) is 0 Å². The van der Waals surface area contributed by atoms with Crippen molar-refractivity contribution in [3.8, 4) is 11.5 Å². The third-order valence-electron chi connectivity index (χ3n) is 3.46. The van der Waals surface area contributed by atoms with E-state index in [4.69, 9.17) is 9.47 Å². The highest BCUT2D eigenvalue weighted by Crippen LogP contribution is 2.25. The van der Waals surface area contributed by atoms with Crippen LogP contribution in [0.3, 0.4) is 0 Å². The molecule has 0 spiro atoms. The fourth-order valence-corrected chi connectivity index (χ4v) is 2.17. The van der Waals surface area contributed by atoms with Crippen molar-refractivity contribution in [2.75, 3.05) is 51.1 Å². The van der Waals surface area contributed by atoms with Gasteiger partial charge >= 0.3 is 0 Å². The molecule has 0 saturated carbocycles. The number of rotatable bonds is 9. The van der Waals surface area contributed by atoms with E-state index >= 15 is 0 Å². The first-order chi connectivity index (χ1) is 12.5. The van der Waals surface area contributed by atoms with Gasteiger partial charge in [0.05, 0.1) is 7.11 Å². The van der Waals surface area contributed by atoms with E-state index in [9.17, 15) is 4.79 Å². The molecule has 2 N–H and O–H groups in total. The predicted molar refractivity (Wildman–Crippen MR) is 101 cm³/mol.